The van der Waals surface area contributed by atoms with E-state index < -0.39 is 11.6 Å². The third kappa shape index (κ3) is 11.1. The van der Waals surface area contributed by atoms with E-state index in [1.54, 1.807) is 14.1 Å². The number of nitrogens with zero attached hydrogens (tertiary/aromatic N) is 2. The van der Waals surface area contributed by atoms with Gasteiger partial charge in [0, 0.05) is 40.4 Å². The summed E-state index contributed by atoms with van der Waals surface area (Å²) in [6, 6.07) is 3.38. The van der Waals surface area contributed by atoms with E-state index in [-0.39, 0.29) is 42.0 Å². The molecule has 1 amide bonds. The van der Waals surface area contributed by atoms with Gasteiger partial charge in [0.05, 0.1) is 0 Å². The Bertz CT molecular complexity index is 601. The molecular formula is C18H29F2IN4O2. The zero-order valence-electron chi connectivity index (χ0n) is 16.1. The lowest BCUT2D eigenvalue weighted by atomic mass is 10.1. The van der Waals surface area contributed by atoms with Crippen LogP contribution in [0.25, 0.3) is 0 Å². The predicted molar refractivity (Wildman–Crippen MR) is 114 cm³/mol. The number of likely N-dealkylation sites (N-methyl/N-ethyl adjacent to an activating group) is 1. The first-order valence-corrected chi connectivity index (χ1v) is 8.68. The second kappa shape index (κ2) is 14.6. The number of guanidine groups is 1. The van der Waals surface area contributed by atoms with Crippen LogP contribution in [0.4, 0.5) is 8.78 Å². The summed E-state index contributed by atoms with van der Waals surface area (Å²) in [5, 5.41) is 6.14. The Kier molecular flexibility index (Phi) is 13.8. The van der Waals surface area contributed by atoms with Crippen molar-refractivity contribution >= 4 is 35.8 Å². The SMILES string of the molecule is CCOCCCNC(=NCC(=O)N(C)C)NCCc1cc(F)ccc1F.I. The molecule has 0 saturated carbocycles. The van der Waals surface area contributed by atoms with Gasteiger partial charge >= 0.3 is 0 Å². The van der Waals surface area contributed by atoms with E-state index in [0.29, 0.717) is 38.7 Å². The van der Waals surface area contributed by atoms with Crippen LogP contribution in [0.15, 0.2) is 23.2 Å². The second-order valence-electron chi connectivity index (χ2n) is 5.84. The van der Waals surface area contributed by atoms with Crippen molar-refractivity contribution in [3.8, 4) is 0 Å². The zero-order chi connectivity index (χ0) is 19.4. The van der Waals surface area contributed by atoms with Crippen LogP contribution in [0.5, 0.6) is 0 Å². The summed E-state index contributed by atoms with van der Waals surface area (Å²) in [4.78, 5) is 17.4. The number of benzene rings is 1. The van der Waals surface area contributed by atoms with Gasteiger partial charge in [-0.1, -0.05) is 0 Å². The molecule has 2 N–H and O–H groups in total. The number of carbonyl (C=O) groups is 1. The van der Waals surface area contributed by atoms with Crippen LogP contribution in [0.3, 0.4) is 0 Å². The van der Waals surface area contributed by atoms with Gasteiger partial charge in [0.1, 0.15) is 18.2 Å². The smallest absolute Gasteiger partial charge is 0.243 e. The molecule has 1 aromatic rings. The van der Waals surface area contributed by atoms with Crippen molar-refractivity contribution in [3.63, 3.8) is 0 Å². The monoisotopic (exact) mass is 498 g/mol. The number of rotatable bonds is 10. The molecule has 9 heteroatoms. The molecule has 0 aliphatic rings. The number of hydrogen-bond donors (Lipinski definition) is 2. The van der Waals surface area contributed by atoms with Crippen LogP contribution in [0.2, 0.25) is 0 Å². The number of carbonyl (C=O) groups excluding carboxylic acids is 1. The molecular weight excluding hydrogens is 469 g/mol. The molecule has 0 fully saturated rings. The van der Waals surface area contributed by atoms with Crippen molar-refractivity contribution in [2.75, 3.05) is 46.9 Å². The van der Waals surface area contributed by atoms with E-state index in [1.165, 1.54) is 11.0 Å². The minimum absolute atomic E-state index is 0. The van der Waals surface area contributed by atoms with Crippen molar-refractivity contribution in [1.29, 1.82) is 0 Å². The van der Waals surface area contributed by atoms with Gasteiger partial charge in [-0.3, -0.25) is 4.79 Å². The fourth-order valence-electron chi connectivity index (χ4n) is 2.04. The minimum atomic E-state index is -0.471. The summed E-state index contributed by atoms with van der Waals surface area (Å²) < 4.78 is 32.1. The normalized spacial score (nSPS) is 10.9. The van der Waals surface area contributed by atoms with Crippen LogP contribution in [0.1, 0.15) is 18.9 Å². The summed E-state index contributed by atoms with van der Waals surface area (Å²) in [7, 11) is 3.32. The van der Waals surface area contributed by atoms with Gasteiger partial charge in [-0.05, 0) is 43.5 Å². The van der Waals surface area contributed by atoms with E-state index in [0.717, 1.165) is 18.6 Å². The highest BCUT2D eigenvalue weighted by Gasteiger charge is 2.06. The Labute approximate surface area is 176 Å². The van der Waals surface area contributed by atoms with Crippen LogP contribution in [0, 0.1) is 11.6 Å². The zero-order valence-corrected chi connectivity index (χ0v) is 18.4. The molecule has 1 aromatic carbocycles. The molecule has 154 valence electrons. The van der Waals surface area contributed by atoms with Crippen LogP contribution >= 0.6 is 24.0 Å². The molecule has 0 saturated heterocycles. The van der Waals surface area contributed by atoms with Gasteiger partial charge in [-0.25, -0.2) is 13.8 Å². The summed E-state index contributed by atoms with van der Waals surface area (Å²) in [5.41, 5.74) is 0.289. The number of halogens is 3. The first-order valence-electron chi connectivity index (χ1n) is 8.68. The fraction of sp³-hybridized carbons (Fsp3) is 0.556. The first-order chi connectivity index (χ1) is 12.4. The van der Waals surface area contributed by atoms with Crippen molar-refractivity contribution < 1.29 is 18.3 Å². The average Bonchev–Trinajstić information content (AvgIpc) is 2.61. The fourth-order valence-corrected chi connectivity index (χ4v) is 2.04. The molecule has 1 rings (SSSR count). The molecule has 0 bridgehead atoms. The van der Waals surface area contributed by atoms with E-state index in [1.807, 2.05) is 6.92 Å². The molecule has 0 aromatic heterocycles. The average molecular weight is 498 g/mol. The lowest BCUT2D eigenvalue weighted by molar-refractivity contribution is -0.127. The Morgan fingerprint density at radius 2 is 1.93 bits per heavy atom. The highest BCUT2D eigenvalue weighted by atomic mass is 127. The highest BCUT2D eigenvalue weighted by Crippen LogP contribution is 2.09. The first kappa shape index (κ1) is 25.5. The van der Waals surface area contributed by atoms with E-state index in [4.69, 9.17) is 4.74 Å². The summed E-state index contributed by atoms with van der Waals surface area (Å²) in [6.45, 7) is 4.20. The quantitative estimate of drug-likeness (QED) is 0.225. The van der Waals surface area contributed by atoms with Gasteiger partial charge < -0.3 is 20.3 Å². The largest absolute Gasteiger partial charge is 0.382 e. The van der Waals surface area contributed by atoms with Gasteiger partial charge in [-0.15, -0.1) is 24.0 Å². The number of amides is 1. The molecule has 0 unspecified atom stereocenters. The van der Waals surface area contributed by atoms with Crippen LogP contribution in [-0.4, -0.2) is 63.7 Å². The van der Waals surface area contributed by atoms with Gasteiger partial charge in [-0.2, -0.15) is 0 Å². The topological polar surface area (TPSA) is 66.0 Å². The summed E-state index contributed by atoms with van der Waals surface area (Å²) in [5.74, 6) is -0.592. The Balaban J connectivity index is 0.00000676. The van der Waals surface area contributed by atoms with Crippen molar-refractivity contribution in [2.45, 2.75) is 19.8 Å². The third-order valence-electron chi connectivity index (χ3n) is 3.53. The van der Waals surface area contributed by atoms with Crippen molar-refractivity contribution in [2.24, 2.45) is 4.99 Å². The maximum atomic E-state index is 13.7. The molecule has 0 aliphatic carbocycles. The Morgan fingerprint density at radius 3 is 2.59 bits per heavy atom. The van der Waals surface area contributed by atoms with Crippen LogP contribution < -0.4 is 10.6 Å². The highest BCUT2D eigenvalue weighted by molar-refractivity contribution is 14.0. The standard InChI is InChI=1S/C18H28F2N4O2.HI/c1-4-26-11-5-9-21-18(23-13-17(25)24(2)3)22-10-8-14-12-15(19)6-7-16(14)20;/h6-7,12H,4-5,8-11,13H2,1-3H3,(H2,21,22,23);1H. The van der Waals surface area contributed by atoms with Gasteiger partial charge in [0.15, 0.2) is 5.96 Å². The molecule has 0 aliphatic heterocycles. The molecule has 0 atom stereocenters. The summed E-state index contributed by atoms with van der Waals surface area (Å²) >= 11 is 0. The van der Waals surface area contributed by atoms with Gasteiger partial charge in [0.2, 0.25) is 5.91 Å². The summed E-state index contributed by atoms with van der Waals surface area (Å²) in [6.07, 6.45) is 1.08. The van der Waals surface area contributed by atoms with E-state index in [2.05, 4.69) is 15.6 Å². The van der Waals surface area contributed by atoms with Crippen LogP contribution in [-0.2, 0) is 16.0 Å². The molecule has 27 heavy (non-hydrogen) atoms. The lowest BCUT2D eigenvalue weighted by Crippen LogP contribution is -2.40. The molecule has 6 nitrogen and oxygen atoms in total. The molecule has 0 heterocycles. The van der Waals surface area contributed by atoms with Crippen molar-refractivity contribution in [3.05, 3.63) is 35.4 Å². The maximum Gasteiger partial charge on any atom is 0.243 e. The number of ether oxygens (including phenoxy) is 1. The lowest BCUT2D eigenvalue weighted by Gasteiger charge is -2.14. The number of nitrogens with one attached hydrogen (secondary N) is 2. The van der Waals surface area contributed by atoms with E-state index in [9.17, 15) is 13.6 Å². The number of aliphatic imine (C=N–C) groups is 1. The number of hydrogen-bond acceptors (Lipinski definition) is 3. The third-order valence-corrected chi connectivity index (χ3v) is 3.53. The minimum Gasteiger partial charge on any atom is -0.382 e. The Morgan fingerprint density at radius 1 is 1.22 bits per heavy atom. The molecule has 0 radical (unpaired) electrons. The maximum absolute atomic E-state index is 13.7. The Hall–Kier alpha value is -1.49. The van der Waals surface area contributed by atoms with Crippen molar-refractivity contribution in [1.82, 2.24) is 15.5 Å². The van der Waals surface area contributed by atoms with Gasteiger partial charge in [0.25, 0.3) is 0 Å². The van der Waals surface area contributed by atoms with E-state index >= 15 is 0 Å². The molecule has 0 spiro atoms. The predicted octanol–water partition coefficient (Wildman–Crippen LogP) is 2.18. The second-order valence-corrected chi connectivity index (χ2v) is 5.84.